The number of hydrogen-bond donors (Lipinski definition) is 2. The Morgan fingerprint density at radius 3 is 2.00 bits per heavy atom. The van der Waals surface area contributed by atoms with Crippen LogP contribution in [0, 0.1) is 0 Å². The SMILES string of the molecule is C.C/C=C\C(C)=C/C.CC.Sc1ccc(C=C2CCNCC2)cc1. The van der Waals surface area contributed by atoms with Crippen molar-refractivity contribution < 1.29 is 0 Å². The third-order valence-electron chi connectivity index (χ3n) is 3.39. The summed E-state index contributed by atoms with van der Waals surface area (Å²) in [5.74, 6) is 0. The van der Waals surface area contributed by atoms with Crippen LogP contribution in [0.4, 0.5) is 0 Å². The number of allylic oxidation sites excluding steroid dienone is 4. The molecule has 1 heterocycles. The normalized spacial score (nSPS) is 13.9. The van der Waals surface area contributed by atoms with Crippen LogP contribution >= 0.6 is 12.6 Å². The Hall–Kier alpha value is -1.25. The lowest BCUT2D eigenvalue weighted by molar-refractivity contribution is 0.613. The van der Waals surface area contributed by atoms with Crippen LogP contribution in [0.2, 0.25) is 0 Å². The van der Waals surface area contributed by atoms with Crippen molar-refractivity contribution in [3.05, 3.63) is 59.2 Å². The van der Waals surface area contributed by atoms with Gasteiger partial charge in [-0.3, -0.25) is 0 Å². The Morgan fingerprint density at radius 2 is 1.58 bits per heavy atom. The zero-order valence-electron chi connectivity index (χ0n) is 15.4. The molecule has 1 aliphatic rings. The summed E-state index contributed by atoms with van der Waals surface area (Å²) in [6, 6.07) is 8.32. The lowest BCUT2D eigenvalue weighted by Crippen LogP contribution is -2.22. The molecular formula is C22H37NS. The van der Waals surface area contributed by atoms with Crippen LogP contribution < -0.4 is 5.32 Å². The summed E-state index contributed by atoms with van der Waals surface area (Å²) in [5, 5.41) is 3.36. The molecule has 24 heavy (non-hydrogen) atoms. The summed E-state index contributed by atoms with van der Waals surface area (Å²) < 4.78 is 0. The second-order valence-corrected chi connectivity index (χ2v) is 5.69. The average molecular weight is 348 g/mol. The predicted molar refractivity (Wildman–Crippen MR) is 116 cm³/mol. The Labute approximate surface area is 156 Å². The molecule has 1 nitrogen and oxygen atoms in total. The molecule has 0 bridgehead atoms. The number of rotatable bonds is 2. The second kappa shape index (κ2) is 16.6. The van der Waals surface area contributed by atoms with Gasteiger partial charge in [0.15, 0.2) is 0 Å². The van der Waals surface area contributed by atoms with E-state index in [-0.39, 0.29) is 7.43 Å². The van der Waals surface area contributed by atoms with Gasteiger partial charge in [-0.05, 0) is 64.4 Å². The molecule has 1 saturated heterocycles. The summed E-state index contributed by atoms with van der Waals surface area (Å²) in [7, 11) is 0. The minimum absolute atomic E-state index is 0. The zero-order chi connectivity index (χ0) is 17.5. The zero-order valence-corrected chi connectivity index (χ0v) is 16.3. The lowest BCUT2D eigenvalue weighted by atomic mass is 10.0. The van der Waals surface area contributed by atoms with Crippen LogP contribution in [0.25, 0.3) is 6.08 Å². The van der Waals surface area contributed by atoms with Gasteiger partial charge in [0, 0.05) is 4.90 Å². The van der Waals surface area contributed by atoms with E-state index in [1.807, 2.05) is 45.9 Å². The van der Waals surface area contributed by atoms with Crippen molar-refractivity contribution in [2.75, 3.05) is 13.1 Å². The first-order valence-electron chi connectivity index (χ1n) is 8.60. The van der Waals surface area contributed by atoms with E-state index in [0.29, 0.717) is 0 Å². The molecule has 1 aliphatic heterocycles. The monoisotopic (exact) mass is 347 g/mol. The Kier molecular flexibility index (Phi) is 17.3. The van der Waals surface area contributed by atoms with E-state index in [4.69, 9.17) is 0 Å². The largest absolute Gasteiger partial charge is 0.316 e. The smallest absolute Gasteiger partial charge is 0.00403 e. The van der Waals surface area contributed by atoms with Gasteiger partial charge >= 0.3 is 0 Å². The molecular weight excluding hydrogens is 310 g/mol. The van der Waals surface area contributed by atoms with Crippen molar-refractivity contribution in [3.63, 3.8) is 0 Å². The molecule has 0 amide bonds. The highest BCUT2D eigenvalue weighted by Crippen LogP contribution is 2.16. The maximum atomic E-state index is 4.27. The van der Waals surface area contributed by atoms with Gasteiger partial charge in [0.05, 0.1) is 0 Å². The van der Waals surface area contributed by atoms with Crippen LogP contribution in [0.3, 0.4) is 0 Å². The highest BCUT2D eigenvalue weighted by atomic mass is 32.1. The van der Waals surface area contributed by atoms with Gasteiger partial charge in [0.1, 0.15) is 0 Å². The standard InChI is InChI=1S/C12H15NS.C7H12.C2H6.CH4/c14-12-3-1-10(2-4-12)9-11-5-7-13-8-6-11;1-4-6-7(3)5-2;1-2;/h1-4,9,13-14H,5-8H2;4-6H,1-3H3;1-2H3;1H4/b;6-4-,7-5-;;. The van der Waals surface area contributed by atoms with E-state index in [0.717, 1.165) is 18.0 Å². The van der Waals surface area contributed by atoms with Crippen LogP contribution in [0.1, 0.15) is 60.5 Å². The molecule has 1 N–H and O–H groups in total. The molecule has 1 fully saturated rings. The molecule has 2 heteroatoms. The van der Waals surface area contributed by atoms with E-state index in [9.17, 15) is 0 Å². The minimum atomic E-state index is 0. The highest BCUT2D eigenvalue weighted by Gasteiger charge is 2.03. The maximum absolute atomic E-state index is 4.27. The number of hydrogen-bond acceptors (Lipinski definition) is 2. The van der Waals surface area contributed by atoms with Crippen LogP contribution in [-0.2, 0) is 0 Å². The summed E-state index contributed by atoms with van der Waals surface area (Å²) in [6.07, 6.45) is 10.9. The molecule has 0 saturated carbocycles. The molecule has 1 aromatic carbocycles. The number of benzene rings is 1. The van der Waals surface area contributed by atoms with E-state index < -0.39 is 0 Å². The third kappa shape index (κ3) is 12.2. The van der Waals surface area contributed by atoms with E-state index in [2.05, 4.69) is 55.2 Å². The fourth-order valence-corrected chi connectivity index (χ4v) is 2.21. The summed E-state index contributed by atoms with van der Waals surface area (Å²) in [4.78, 5) is 1.03. The van der Waals surface area contributed by atoms with Crippen LogP contribution in [0.5, 0.6) is 0 Å². The first-order valence-corrected chi connectivity index (χ1v) is 9.05. The quantitative estimate of drug-likeness (QED) is 0.436. The van der Waals surface area contributed by atoms with Gasteiger partial charge in [-0.1, -0.05) is 68.9 Å². The van der Waals surface area contributed by atoms with Gasteiger partial charge in [-0.2, -0.15) is 0 Å². The van der Waals surface area contributed by atoms with E-state index in [1.54, 1.807) is 5.57 Å². The summed E-state index contributed by atoms with van der Waals surface area (Å²) in [5.41, 5.74) is 4.16. The number of thiol groups is 1. The van der Waals surface area contributed by atoms with Crippen molar-refractivity contribution in [1.82, 2.24) is 5.32 Å². The molecule has 0 unspecified atom stereocenters. The lowest BCUT2D eigenvalue weighted by Gasteiger charge is -2.15. The molecule has 0 aliphatic carbocycles. The van der Waals surface area contributed by atoms with Crippen molar-refractivity contribution in [3.8, 4) is 0 Å². The fourth-order valence-electron chi connectivity index (χ4n) is 2.06. The van der Waals surface area contributed by atoms with Crippen molar-refractivity contribution in [2.24, 2.45) is 0 Å². The van der Waals surface area contributed by atoms with Crippen LogP contribution in [-0.4, -0.2) is 13.1 Å². The van der Waals surface area contributed by atoms with Crippen LogP contribution in [0.15, 0.2) is 58.5 Å². The molecule has 0 atom stereocenters. The van der Waals surface area contributed by atoms with Gasteiger partial charge in [0.2, 0.25) is 0 Å². The maximum Gasteiger partial charge on any atom is 0.00403 e. The Balaban J connectivity index is 0. The number of nitrogens with one attached hydrogen (secondary N) is 1. The molecule has 2 rings (SSSR count). The van der Waals surface area contributed by atoms with E-state index >= 15 is 0 Å². The minimum Gasteiger partial charge on any atom is -0.316 e. The summed E-state index contributed by atoms with van der Waals surface area (Å²) >= 11 is 4.27. The molecule has 0 radical (unpaired) electrons. The molecule has 0 spiro atoms. The average Bonchev–Trinajstić information content (AvgIpc) is 2.60. The number of piperidine rings is 1. The highest BCUT2D eigenvalue weighted by molar-refractivity contribution is 7.80. The third-order valence-corrected chi connectivity index (χ3v) is 3.69. The van der Waals surface area contributed by atoms with Gasteiger partial charge in [-0.25, -0.2) is 0 Å². The molecule has 0 aromatic heterocycles. The van der Waals surface area contributed by atoms with E-state index in [1.165, 1.54) is 24.0 Å². The Bertz CT molecular complexity index is 487. The first kappa shape index (κ1) is 25.0. The second-order valence-electron chi connectivity index (χ2n) is 5.18. The van der Waals surface area contributed by atoms with Crippen molar-refractivity contribution in [2.45, 2.75) is 59.8 Å². The first-order chi connectivity index (χ1) is 11.2. The Morgan fingerprint density at radius 1 is 1.04 bits per heavy atom. The fraction of sp³-hybridized carbons (Fsp3) is 0.455. The van der Waals surface area contributed by atoms with Crippen molar-refractivity contribution in [1.29, 1.82) is 0 Å². The predicted octanol–water partition coefficient (Wildman–Crippen LogP) is 6.93. The topological polar surface area (TPSA) is 12.0 Å². The summed E-state index contributed by atoms with van der Waals surface area (Å²) in [6.45, 7) is 12.4. The molecule has 136 valence electrons. The van der Waals surface area contributed by atoms with Gasteiger partial charge in [0.25, 0.3) is 0 Å². The van der Waals surface area contributed by atoms with Crippen molar-refractivity contribution >= 4 is 18.7 Å². The van der Waals surface area contributed by atoms with Gasteiger partial charge in [-0.15, -0.1) is 12.6 Å². The molecule has 1 aromatic rings. The van der Waals surface area contributed by atoms with Gasteiger partial charge < -0.3 is 5.32 Å².